The molecule has 2 N–H and O–H groups in total. The summed E-state index contributed by atoms with van der Waals surface area (Å²) in [5, 5.41) is 7.81. The number of nitrogens with one attached hydrogen (secondary N) is 2. The summed E-state index contributed by atoms with van der Waals surface area (Å²) in [6, 6.07) is 14.3. The van der Waals surface area contributed by atoms with Crippen molar-refractivity contribution in [3.8, 4) is 0 Å². The molecule has 0 aliphatic rings. The predicted octanol–water partition coefficient (Wildman–Crippen LogP) is 3.33. The fourth-order valence-corrected chi connectivity index (χ4v) is 3.86. The van der Waals surface area contributed by atoms with Crippen LogP contribution in [0.25, 0.3) is 0 Å². The van der Waals surface area contributed by atoms with E-state index in [0.717, 1.165) is 19.5 Å². The first kappa shape index (κ1) is 22.1. The Morgan fingerprint density at radius 3 is 2.43 bits per heavy atom. The van der Waals surface area contributed by atoms with Gasteiger partial charge in [0.15, 0.2) is 0 Å². The zero-order valence-corrected chi connectivity index (χ0v) is 17.6. The number of rotatable bonds is 12. The molecule has 1 unspecified atom stereocenters. The van der Waals surface area contributed by atoms with E-state index in [9.17, 15) is 9.59 Å². The molecule has 6 heteroatoms. The second kappa shape index (κ2) is 12.3. The number of amides is 2. The van der Waals surface area contributed by atoms with Gasteiger partial charge in [0.1, 0.15) is 0 Å². The van der Waals surface area contributed by atoms with Crippen molar-refractivity contribution in [2.75, 3.05) is 26.2 Å². The summed E-state index contributed by atoms with van der Waals surface area (Å²) in [7, 11) is 0. The van der Waals surface area contributed by atoms with E-state index < -0.39 is 0 Å². The van der Waals surface area contributed by atoms with Crippen molar-refractivity contribution in [3.05, 3.63) is 58.3 Å². The highest BCUT2D eigenvalue weighted by Gasteiger charge is 2.17. The molecule has 1 atom stereocenters. The Bertz CT molecular complexity index is 700. The highest BCUT2D eigenvalue weighted by atomic mass is 32.1. The van der Waals surface area contributed by atoms with E-state index >= 15 is 0 Å². The Labute approximate surface area is 172 Å². The molecule has 0 spiro atoms. The van der Waals surface area contributed by atoms with Gasteiger partial charge in [0.05, 0.1) is 4.88 Å². The fourth-order valence-electron chi connectivity index (χ4n) is 3.22. The van der Waals surface area contributed by atoms with Gasteiger partial charge in [-0.15, -0.1) is 11.3 Å². The molecule has 1 aromatic carbocycles. The minimum Gasteiger partial charge on any atom is -0.355 e. The molecule has 0 aliphatic carbocycles. The topological polar surface area (TPSA) is 61.4 Å². The molecule has 5 nitrogen and oxygen atoms in total. The average molecular weight is 402 g/mol. The van der Waals surface area contributed by atoms with Crippen LogP contribution in [0.2, 0.25) is 0 Å². The predicted molar refractivity (Wildman–Crippen MR) is 116 cm³/mol. The Hall–Kier alpha value is -2.18. The molecule has 1 aromatic heterocycles. The van der Waals surface area contributed by atoms with Gasteiger partial charge in [-0.1, -0.05) is 50.2 Å². The van der Waals surface area contributed by atoms with Gasteiger partial charge in [-0.2, -0.15) is 0 Å². The number of likely N-dealkylation sites (N-methyl/N-ethyl adjacent to an activating group) is 1. The molecule has 1 heterocycles. The van der Waals surface area contributed by atoms with Crippen LogP contribution in [0.1, 0.15) is 41.9 Å². The largest absolute Gasteiger partial charge is 0.355 e. The third-order valence-corrected chi connectivity index (χ3v) is 5.66. The number of hydrogen-bond donors (Lipinski definition) is 2. The molecule has 2 rings (SSSR count). The minimum atomic E-state index is -0.0696. The molecule has 2 aromatic rings. The van der Waals surface area contributed by atoms with Crippen LogP contribution in [0.3, 0.4) is 0 Å². The second-order valence-corrected chi connectivity index (χ2v) is 7.65. The molecule has 28 heavy (non-hydrogen) atoms. The van der Waals surface area contributed by atoms with Gasteiger partial charge in [-0.05, 0) is 42.9 Å². The van der Waals surface area contributed by atoms with E-state index in [1.54, 1.807) is 6.07 Å². The van der Waals surface area contributed by atoms with Crippen molar-refractivity contribution in [2.24, 2.45) is 0 Å². The van der Waals surface area contributed by atoms with Gasteiger partial charge < -0.3 is 10.6 Å². The van der Waals surface area contributed by atoms with E-state index in [-0.39, 0.29) is 17.9 Å². The van der Waals surface area contributed by atoms with E-state index in [4.69, 9.17) is 0 Å². The quantitative estimate of drug-likeness (QED) is 0.536. The first-order chi connectivity index (χ1) is 13.6. The van der Waals surface area contributed by atoms with Gasteiger partial charge in [0.25, 0.3) is 5.91 Å². The third kappa shape index (κ3) is 7.44. The fraction of sp³-hybridized carbons (Fsp3) is 0.455. The maximum Gasteiger partial charge on any atom is 0.261 e. The summed E-state index contributed by atoms with van der Waals surface area (Å²) in [5.41, 5.74) is 1.28. The van der Waals surface area contributed by atoms with E-state index in [2.05, 4.69) is 53.6 Å². The van der Waals surface area contributed by atoms with Gasteiger partial charge in [0, 0.05) is 25.6 Å². The van der Waals surface area contributed by atoms with Crippen LogP contribution >= 0.6 is 11.3 Å². The summed E-state index contributed by atoms with van der Waals surface area (Å²) in [4.78, 5) is 27.2. The number of benzene rings is 1. The van der Waals surface area contributed by atoms with E-state index in [1.807, 2.05) is 17.5 Å². The third-order valence-electron chi connectivity index (χ3n) is 4.79. The highest BCUT2D eigenvalue weighted by molar-refractivity contribution is 7.12. The Morgan fingerprint density at radius 2 is 1.79 bits per heavy atom. The van der Waals surface area contributed by atoms with Gasteiger partial charge in [0.2, 0.25) is 5.91 Å². The highest BCUT2D eigenvalue weighted by Crippen LogP contribution is 2.09. The molecule has 0 aliphatic heterocycles. The number of thiophene rings is 1. The number of carbonyl (C=O) groups is 2. The van der Waals surface area contributed by atoms with Crippen molar-refractivity contribution in [1.82, 2.24) is 15.5 Å². The summed E-state index contributed by atoms with van der Waals surface area (Å²) in [5.74, 6) is -0.0320. The van der Waals surface area contributed by atoms with Crippen LogP contribution in [-0.2, 0) is 11.2 Å². The lowest BCUT2D eigenvalue weighted by Gasteiger charge is -2.30. The lowest BCUT2D eigenvalue weighted by molar-refractivity contribution is -0.121. The number of nitrogens with zero attached hydrogens (tertiary/aromatic N) is 1. The summed E-state index contributed by atoms with van der Waals surface area (Å²) < 4.78 is 0. The van der Waals surface area contributed by atoms with Gasteiger partial charge >= 0.3 is 0 Å². The van der Waals surface area contributed by atoms with Crippen molar-refractivity contribution in [1.29, 1.82) is 0 Å². The van der Waals surface area contributed by atoms with Crippen LogP contribution in [0.5, 0.6) is 0 Å². The molecule has 0 saturated carbocycles. The monoisotopic (exact) mass is 401 g/mol. The van der Waals surface area contributed by atoms with Crippen LogP contribution in [0, 0.1) is 0 Å². The molecular formula is C22H31N3O2S. The first-order valence-corrected chi connectivity index (χ1v) is 10.9. The van der Waals surface area contributed by atoms with Gasteiger partial charge in [-0.25, -0.2) is 0 Å². The van der Waals surface area contributed by atoms with Gasteiger partial charge in [-0.3, -0.25) is 14.5 Å². The van der Waals surface area contributed by atoms with Crippen LogP contribution in [0.4, 0.5) is 0 Å². The number of hydrogen-bond acceptors (Lipinski definition) is 4. The second-order valence-electron chi connectivity index (χ2n) is 6.71. The smallest absolute Gasteiger partial charge is 0.261 e. The van der Waals surface area contributed by atoms with Crippen LogP contribution in [-0.4, -0.2) is 48.9 Å². The number of carbonyl (C=O) groups excluding carboxylic acids is 2. The molecular weight excluding hydrogens is 370 g/mol. The first-order valence-electron chi connectivity index (χ1n) is 10.00. The maximum atomic E-state index is 12.2. The maximum absolute atomic E-state index is 12.2. The lowest BCUT2D eigenvalue weighted by Crippen LogP contribution is -2.45. The van der Waals surface area contributed by atoms with E-state index in [1.165, 1.54) is 16.9 Å². The lowest BCUT2D eigenvalue weighted by atomic mass is 10.0. The molecule has 0 bridgehead atoms. The molecule has 0 saturated heterocycles. The van der Waals surface area contributed by atoms with Crippen molar-refractivity contribution < 1.29 is 9.59 Å². The minimum absolute atomic E-state index is 0.0376. The Kier molecular flexibility index (Phi) is 9.72. The zero-order valence-electron chi connectivity index (χ0n) is 16.8. The van der Waals surface area contributed by atoms with Crippen molar-refractivity contribution in [3.63, 3.8) is 0 Å². The Morgan fingerprint density at radius 1 is 1.04 bits per heavy atom. The Balaban J connectivity index is 1.73. The van der Waals surface area contributed by atoms with Crippen molar-refractivity contribution >= 4 is 23.2 Å². The molecule has 0 fully saturated rings. The summed E-state index contributed by atoms with van der Waals surface area (Å²) in [6.07, 6.45) is 1.97. The summed E-state index contributed by atoms with van der Waals surface area (Å²) >= 11 is 1.42. The van der Waals surface area contributed by atoms with Crippen LogP contribution in [0.15, 0.2) is 47.8 Å². The summed E-state index contributed by atoms with van der Waals surface area (Å²) in [6.45, 7) is 7.36. The molecule has 0 radical (unpaired) electrons. The zero-order chi connectivity index (χ0) is 20.2. The van der Waals surface area contributed by atoms with Crippen LogP contribution < -0.4 is 10.6 Å². The SMILES string of the molecule is CCN(CC)C(CNC(=O)CCCNC(=O)c1cccs1)Cc1ccccc1. The standard InChI is InChI=1S/C22H31N3O2S/c1-3-25(4-2)19(16-18-10-6-5-7-11-18)17-24-21(26)13-8-14-23-22(27)20-12-9-15-28-20/h5-7,9-12,15,19H,3-4,8,13-14,16-17H2,1-2H3,(H,23,27)(H,24,26). The average Bonchev–Trinajstić information content (AvgIpc) is 3.26. The van der Waals surface area contributed by atoms with Crippen molar-refractivity contribution in [2.45, 2.75) is 39.2 Å². The molecule has 152 valence electrons. The molecule has 2 amide bonds. The normalized spacial score (nSPS) is 12.0. The van der Waals surface area contributed by atoms with E-state index in [0.29, 0.717) is 30.8 Å².